The van der Waals surface area contributed by atoms with Crippen molar-refractivity contribution in [2.75, 3.05) is 0 Å². The van der Waals surface area contributed by atoms with Crippen LogP contribution in [0.5, 0.6) is 0 Å². The summed E-state index contributed by atoms with van der Waals surface area (Å²) in [4.78, 5) is 0. The number of rotatable bonds is 15. The van der Waals surface area contributed by atoms with E-state index in [0.29, 0.717) is 0 Å². The maximum Gasteiger partial charge on any atom is 0.0535 e. The summed E-state index contributed by atoms with van der Waals surface area (Å²) in [6.45, 7) is 9.47. The van der Waals surface area contributed by atoms with Gasteiger partial charge in [-0.05, 0) is 158 Å². The molecule has 0 fully saturated rings. The highest BCUT2D eigenvalue weighted by molar-refractivity contribution is 9.10. The van der Waals surface area contributed by atoms with Crippen molar-refractivity contribution in [1.29, 1.82) is 0 Å². The maximum absolute atomic E-state index is 3.80. The second-order valence-corrected chi connectivity index (χ2v) is 19.3. The Morgan fingerprint density at radius 3 is 1.34 bits per heavy atom. The first-order chi connectivity index (χ1) is 27.4. The molecule has 0 spiro atoms. The maximum atomic E-state index is 3.80. The monoisotopic (exact) mass is 872 g/mol. The third-order valence-corrected chi connectivity index (χ3v) is 14.8. The molecule has 8 rings (SSSR count). The van der Waals surface area contributed by atoms with E-state index in [1.807, 2.05) is 0 Å². The van der Waals surface area contributed by atoms with Crippen molar-refractivity contribution in [2.24, 2.45) is 23.7 Å². The van der Waals surface area contributed by atoms with Crippen molar-refractivity contribution >= 4 is 53.7 Å². The fraction of sp³-hybridized carbons (Fsp3) is 0.462. The molecule has 4 heteroatoms. The highest BCUT2D eigenvalue weighted by Crippen LogP contribution is 2.42. The van der Waals surface area contributed by atoms with Gasteiger partial charge < -0.3 is 9.13 Å². The fourth-order valence-corrected chi connectivity index (χ4v) is 11.4. The fourth-order valence-electron chi connectivity index (χ4n) is 10.7. The van der Waals surface area contributed by atoms with Crippen molar-refractivity contribution in [2.45, 2.75) is 130 Å². The molecule has 2 aromatic heterocycles. The normalized spacial score (nSPS) is 18.0. The van der Waals surface area contributed by atoms with Crippen molar-refractivity contribution in [1.82, 2.24) is 9.13 Å². The highest BCUT2D eigenvalue weighted by atomic mass is 79.9. The molecule has 4 unspecified atom stereocenters. The third-order valence-electron chi connectivity index (χ3n) is 13.9. The van der Waals surface area contributed by atoms with Gasteiger partial charge in [0.1, 0.15) is 0 Å². The van der Waals surface area contributed by atoms with Crippen LogP contribution in [0, 0.1) is 23.7 Å². The Kier molecular flexibility index (Phi) is 12.6. The first kappa shape index (κ1) is 39.7. The molecule has 294 valence electrons. The molecule has 2 aliphatic carbocycles. The number of fused-ring (bicyclic) bond motifs is 6. The van der Waals surface area contributed by atoms with E-state index in [1.54, 1.807) is 22.5 Å². The molecule has 0 saturated carbocycles. The molecular formula is C52H62Br2N2. The summed E-state index contributed by atoms with van der Waals surface area (Å²) >= 11 is 7.60. The Morgan fingerprint density at radius 2 is 0.964 bits per heavy atom. The molecule has 0 aliphatic heterocycles. The number of aryl methyl sites for hydroxylation is 2. The summed E-state index contributed by atoms with van der Waals surface area (Å²) in [5, 5.41) is 2.84. The summed E-state index contributed by atoms with van der Waals surface area (Å²) in [5.41, 5.74) is 14.0. The molecule has 2 nitrogen and oxygen atoms in total. The molecule has 0 bridgehead atoms. The predicted molar refractivity (Wildman–Crippen MR) is 248 cm³/mol. The average molecular weight is 875 g/mol. The predicted octanol–water partition coefficient (Wildman–Crippen LogP) is 16.2. The van der Waals surface area contributed by atoms with Crippen LogP contribution in [0.4, 0.5) is 0 Å². The summed E-state index contributed by atoms with van der Waals surface area (Å²) in [7, 11) is 0. The second kappa shape index (κ2) is 17.8. The van der Waals surface area contributed by atoms with Gasteiger partial charge >= 0.3 is 0 Å². The zero-order chi connectivity index (χ0) is 38.8. The number of hydrogen-bond donors (Lipinski definition) is 0. The van der Waals surface area contributed by atoms with Gasteiger partial charge in [0.25, 0.3) is 0 Å². The molecule has 2 heterocycles. The number of halogens is 2. The topological polar surface area (TPSA) is 9.86 Å². The van der Waals surface area contributed by atoms with Crippen molar-refractivity contribution in [3.05, 3.63) is 116 Å². The highest BCUT2D eigenvalue weighted by Gasteiger charge is 2.29. The zero-order valence-corrected chi connectivity index (χ0v) is 37.5. The Labute approximate surface area is 353 Å². The lowest BCUT2D eigenvalue weighted by molar-refractivity contribution is 0.311. The molecule has 6 aromatic rings. The largest absolute Gasteiger partial charge is 0.313 e. The van der Waals surface area contributed by atoms with Crippen molar-refractivity contribution < 1.29 is 0 Å². The quantitative estimate of drug-likeness (QED) is 0.0973. The van der Waals surface area contributed by atoms with Crippen LogP contribution < -0.4 is 0 Å². The van der Waals surface area contributed by atoms with E-state index in [9.17, 15) is 0 Å². The first-order valence-corrected chi connectivity index (χ1v) is 23.8. The molecule has 56 heavy (non-hydrogen) atoms. The molecular weight excluding hydrogens is 812 g/mol. The van der Waals surface area contributed by atoms with Crippen LogP contribution in [-0.4, -0.2) is 9.13 Å². The molecule has 2 aliphatic rings. The van der Waals surface area contributed by atoms with Crippen LogP contribution in [0.15, 0.2) is 93.9 Å². The Balaban J connectivity index is 1.07. The Morgan fingerprint density at radius 1 is 0.554 bits per heavy atom. The lowest BCUT2D eigenvalue weighted by Crippen LogP contribution is -2.19. The molecule has 0 amide bonds. The van der Waals surface area contributed by atoms with E-state index in [1.165, 1.54) is 156 Å². The SMILES string of the molecule is CCCCC(CC)CC1CCc2c(n(-c3ccc(-c4ccc(-n5c6c(c7cc(Br)ccc75)CCC(CC(CC)CCCC)C6)cc4)cc3)c3ccc(Br)cc23)C1. The zero-order valence-electron chi connectivity index (χ0n) is 34.4. The summed E-state index contributed by atoms with van der Waals surface area (Å²) in [5.74, 6) is 3.24. The van der Waals surface area contributed by atoms with Crippen LogP contribution in [-0.2, 0) is 25.7 Å². The molecule has 0 saturated heterocycles. The summed E-state index contributed by atoms with van der Waals surface area (Å²) in [6, 6.07) is 32.6. The van der Waals surface area contributed by atoms with E-state index in [-0.39, 0.29) is 0 Å². The van der Waals surface area contributed by atoms with Gasteiger partial charge in [-0.1, -0.05) is 135 Å². The van der Waals surface area contributed by atoms with Gasteiger partial charge in [0.05, 0.1) is 11.0 Å². The van der Waals surface area contributed by atoms with Crippen LogP contribution in [0.3, 0.4) is 0 Å². The first-order valence-electron chi connectivity index (χ1n) is 22.2. The Hall–Kier alpha value is -3.08. The summed E-state index contributed by atoms with van der Waals surface area (Å²) in [6.07, 6.45) is 20.8. The van der Waals surface area contributed by atoms with Gasteiger partial charge in [-0.15, -0.1) is 0 Å². The molecule has 4 atom stereocenters. The smallest absolute Gasteiger partial charge is 0.0535 e. The molecule has 4 aromatic carbocycles. The minimum absolute atomic E-state index is 0.767. The molecule has 0 radical (unpaired) electrons. The van der Waals surface area contributed by atoms with E-state index in [2.05, 4.69) is 154 Å². The van der Waals surface area contributed by atoms with Gasteiger partial charge in [0.15, 0.2) is 0 Å². The van der Waals surface area contributed by atoms with E-state index < -0.39 is 0 Å². The minimum Gasteiger partial charge on any atom is -0.313 e. The van der Waals surface area contributed by atoms with Crippen LogP contribution >= 0.6 is 31.9 Å². The third kappa shape index (κ3) is 8.13. The standard InChI is InChI=1S/C52H62Br2N2/c1-5-9-11-35(7-3)29-37-13-25-45-47-33-41(53)19-27-49(47)55(51(45)31-37)43-21-15-39(16-22-43)40-17-23-44(24-18-40)56-50-28-20-42(54)34-48(50)46-26-14-38(32-52(46)56)30-36(8-4)12-10-6-2/h15-24,27-28,33-38H,5-14,25-26,29-32H2,1-4H3. The van der Waals surface area contributed by atoms with E-state index in [4.69, 9.17) is 0 Å². The van der Waals surface area contributed by atoms with Gasteiger partial charge in [-0.2, -0.15) is 0 Å². The van der Waals surface area contributed by atoms with Crippen LogP contribution in [0.1, 0.15) is 127 Å². The van der Waals surface area contributed by atoms with E-state index >= 15 is 0 Å². The second-order valence-electron chi connectivity index (χ2n) is 17.5. The molecule has 0 N–H and O–H groups in total. The van der Waals surface area contributed by atoms with Crippen LogP contribution in [0.25, 0.3) is 44.3 Å². The van der Waals surface area contributed by atoms with Crippen molar-refractivity contribution in [3.8, 4) is 22.5 Å². The van der Waals surface area contributed by atoms with Gasteiger partial charge in [0.2, 0.25) is 0 Å². The lowest BCUT2D eigenvalue weighted by Gasteiger charge is -2.28. The minimum atomic E-state index is 0.767. The van der Waals surface area contributed by atoms with Gasteiger partial charge in [0, 0.05) is 42.5 Å². The van der Waals surface area contributed by atoms with Crippen LogP contribution in [0.2, 0.25) is 0 Å². The average Bonchev–Trinajstić information content (AvgIpc) is 3.72. The van der Waals surface area contributed by atoms with E-state index in [0.717, 1.165) is 23.7 Å². The van der Waals surface area contributed by atoms with Crippen molar-refractivity contribution in [3.63, 3.8) is 0 Å². The number of hydrogen-bond acceptors (Lipinski definition) is 0. The number of nitrogens with zero attached hydrogens (tertiary/aromatic N) is 2. The lowest BCUT2D eigenvalue weighted by atomic mass is 9.79. The summed E-state index contributed by atoms with van der Waals surface area (Å²) < 4.78 is 7.54. The number of aromatic nitrogens is 2. The van der Waals surface area contributed by atoms with Gasteiger partial charge in [-0.25, -0.2) is 0 Å². The Bertz CT molecular complexity index is 2090. The number of unbranched alkanes of at least 4 members (excludes halogenated alkanes) is 2. The van der Waals surface area contributed by atoms with Gasteiger partial charge in [-0.3, -0.25) is 0 Å². The number of benzene rings is 4.